The fourth-order valence-corrected chi connectivity index (χ4v) is 6.61. The van der Waals surface area contributed by atoms with Gasteiger partial charge in [-0.1, -0.05) is 121 Å². The van der Waals surface area contributed by atoms with Gasteiger partial charge in [-0.15, -0.1) is 0 Å². The predicted octanol–water partition coefficient (Wildman–Crippen LogP) is 11.0. The normalized spacial score (nSPS) is 13.7. The van der Waals surface area contributed by atoms with Crippen molar-refractivity contribution in [3.63, 3.8) is 0 Å². The van der Waals surface area contributed by atoms with Crippen LogP contribution in [0.15, 0.2) is 157 Å². The highest BCUT2D eigenvalue weighted by molar-refractivity contribution is 5.99. The molecule has 1 aromatic heterocycles. The number of aromatic nitrogens is 1. The smallest absolute Gasteiger partial charge is 0.0628 e. The van der Waals surface area contributed by atoms with E-state index >= 15 is 0 Å². The van der Waals surface area contributed by atoms with E-state index in [1.807, 2.05) is 0 Å². The van der Waals surface area contributed by atoms with Crippen molar-refractivity contribution in [2.45, 2.75) is 19.3 Å². The van der Waals surface area contributed by atoms with E-state index in [4.69, 9.17) is 0 Å². The highest BCUT2D eigenvalue weighted by Gasteiger charge is 2.23. The molecule has 2 aliphatic carbocycles. The van der Waals surface area contributed by atoms with E-state index < -0.39 is 0 Å². The third-order valence-electron chi connectivity index (χ3n) is 8.73. The van der Waals surface area contributed by atoms with Crippen molar-refractivity contribution in [1.82, 2.24) is 4.57 Å². The van der Waals surface area contributed by atoms with Gasteiger partial charge < -0.3 is 9.47 Å². The summed E-state index contributed by atoms with van der Waals surface area (Å²) in [5, 5.41) is 1.19. The molecule has 214 valence electrons. The molecule has 0 atom stereocenters. The van der Waals surface area contributed by atoms with E-state index in [0.717, 1.165) is 35.5 Å². The molecule has 0 bridgehead atoms. The first-order chi connectivity index (χ1) is 22.3. The van der Waals surface area contributed by atoms with Gasteiger partial charge in [-0.05, 0) is 78.1 Å². The van der Waals surface area contributed by atoms with Gasteiger partial charge in [0.1, 0.15) is 0 Å². The molecule has 2 aliphatic rings. The van der Waals surface area contributed by atoms with E-state index in [9.17, 15) is 0 Å². The van der Waals surface area contributed by atoms with Crippen molar-refractivity contribution in [2.75, 3.05) is 4.90 Å². The van der Waals surface area contributed by atoms with Crippen molar-refractivity contribution in [2.24, 2.45) is 0 Å². The number of hydrogen-bond acceptors (Lipinski definition) is 1. The van der Waals surface area contributed by atoms with Gasteiger partial charge in [-0.25, -0.2) is 0 Å². The van der Waals surface area contributed by atoms with Crippen LogP contribution in [0.5, 0.6) is 0 Å². The van der Waals surface area contributed by atoms with Crippen LogP contribution in [-0.2, 0) is 0 Å². The summed E-state index contributed by atoms with van der Waals surface area (Å²) in [5.41, 5.74) is 13.0. The van der Waals surface area contributed by atoms with E-state index in [-0.39, 0.29) is 0 Å². The van der Waals surface area contributed by atoms with Gasteiger partial charge in [0, 0.05) is 34.4 Å². The Morgan fingerprint density at radius 1 is 0.667 bits per heavy atom. The minimum Gasteiger partial charge on any atom is -0.314 e. The molecule has 2 nitrogen and oxygen atoms in total. The molecular formula is C43H32N2. The monoisotopic (exact) mass is 576 g/mol. The molecule has 0 N–H and O–H groups in total. The molecule has 2 heteroatoms. The first-order valence-electron chi connectivity index (χ1n) is 15.6. The van der Waals surface area contributed by atoms with Crippen molar-refractivity contribution in [3.05, 3.63) is 174 Å². The maximum absolute atomic E-state index is 3.57. The number of allylic oxidation sites excluding steroid dienone is 5. The zero-order chi connectivity index (χ0) is 30.0. The lowest BCUT2D eigenvalue weighted by molar-refractivity contribution is 0.917. The van der Waals surface area contributed by atoms with E-state index in [1.165, 1.54) is 44.6 Å². The largest absolute Gasteiger partial charge is 0.314 e. The lowest BCUT2D eigenvalue weighted by atomic mass is 9.97. The van der Waals surface area contributed by atoms with Gasteiger partial charge in [0.05, 0.1) is 22.5 Å². The summed E-state index contributed by atoms with van der Waals surface area (Å²) in [4.78, 5) is 2.44. The van der Waals surface area contributed by atoms with Crippen LogP contribution in [0.1, 0.15) is 36.1 Å². The topological polar surface area (TPSA) is 8.17 Å². The molecule has 1 heterocycles. The molecule has 0 saturated carbocycles. The van der Waals surface area contributed by atoms with Gasteiger partial charge in [0.2, 0.25) is 0 Å². The molecule has 0 radical (unpaired) electrons. The second-order valence-corrected chi connectivity index (χ2v) is 11.5. The Kier molecular flexibility index (Phi) is 6.98. The first kappa shape index (κ1) is 26.8. The standard InChI is InChI=1S/C43H32N2/c1-4-15-32(16-5-1)33-27-29-37(30-28-33)44(35-18-6-2-7-19-35)41-25-12-10-22-38(41)34-17-14-24-40-39-23-11-13-26-42(39)45(43(40)31-34)36-20-8-3-9-21-36/h1-6,8-13,15-16,18,20-23,25-31H,7,17,19H2. The average molecular weight is 577 g/mol. The van der Waals surface area contributed by atoms with E-state index in [2.05, 4.69) is 179 Å². The summed E-state index contributed by atoms with van der Waals surface area (Å²) in [6.45, 7) is 0. The molecule has 0 unspecified atom stereocenters. The van der Waals surface area contributed by atoms with Crippen molar-refractivity contribution in [3.8, 4) is 28.7 Å². The molecule has 0 saturated heterocycles. The Hall–Kier alpha value is -5.78. The number of hydrogen-bond donors (Lipinski definition) is 0. The van der Waals surface area contributed by atoms with Crippen molar-refractivity contribution < 1.29 is 0 Å². The number of benzene rings is 5. The second kappa shape index (κ2) is 11.7. The van der Waals surface area contributed by atoms with Crippen LogP contribution in [-0.4, -0.2) is 4.57 Å². The molecule has 0 fully saturated rings. The zero-order valence-electron chi connectivity index (χ0n) is 25.0. The van der Waals surface area contributed by atoms with Crippen molar-refractivity contribution >= 4 is 33.9 Å². The summed E-state index contributed by atoms with van der Waals surface area (Å²) in [6, 6.07) is 47.6. The molecule has 0 aliphatic heterocycles. The van der Waals surface area contributed by atoms with E-state index in [0.29, 0.717) is 6.42 Å². The molecule has 0 spiro atoms. The van der Waals surface area contributed by atoms with Gasteiger partial charge in [0.15, 0.2) is 0 Å². The minimum absolute atomic E-state index is 0.675. The Balaban J connectivity index is 1.29. The van der Waals surface area contributed by atoms with Gasteiger partial charge in [-0.3, -0.25) is 0 Å². The first-order valence-corrected chi connectivity index (χ1v) is 15.6. The fourth-order valence-electron chi connectivity index (χ4n) is 6.61. The van der Waals surface area contributed by atoms with Crippen LogP contribution in [0.2, 0.25) is 0 Å². The molecule has 6 aromatic rings. The van der Waals surface area contributed by atoms with Gasteiger partial charge in [-0.2, -0.15) is 0 Å². The quantitative estimate of drug-likeness (QED) is 0.179. The summed E-state index contributed by atoms with van der Waals surface area (Å²) in [7, 11) is 0. The molecule has 45 heavy (non-hydrogen) atoms. The Morgan fingerprint density at radius 2 is 1.38 bits per heavy atom. The summed E-state index contributed by atoms with van der Waals surface area (Å²) in [5.74, 6) is 7.11. The van der Waals surface area contributed by atoms with Crippen LogP contribution in [0.4, 0.5) is 11.4 Å². The highest BCUT2D eigenvalue weighted by atomic mass is 15.2. The molecule has 8 rings (SSSR count). The predicted molar refractivity (Wildman–Crippen MR) is 190 cm³/mol. The number of nitrogens with zero attached hydrogens (tertiary/aromatic N) is 2. The van der Waals surface area contributed by atoms with E-state index in [1.54, 1.807) is 0 Å². The average Bonchev–Trinajstić information content (AvgIpc) is 3.25. The minimum atomic E-state index is 0.675. The third-order valence-corrected chi connectivity index (χ3v) is 8.73. The Morgan fingerprint density at radius 3 is 2.18 bits per heavy atom. The zero-order valence-corrected chi connectivity index (χ0v) is 25.0. The van der Waals surface area contributed by atoms with Crippen molar-refractivity contribution in [1.29, 1.82) is 0 Å². The highest BCUT2D eigenvalue weighted by Crippen LogP contribution is 2.41. The maximum Gasteiger partial charge on any atom is 0.0628 e. The van der Waals surface area contributed by atoms with Crippen LogP contribution in [0.25, 0.3) is 39.4 Å². The third kappa shape index (κ3) is 4.99. The van der Waals surface area contributed by atoms with Crippen LogP contribution in [0.3, 0.4) is 0 Å². The maximum atomic E-state index is 3.57. The van der Waals surface area contributed by atoms with Gasteiger partial charge >= 0.3 is 0 Å². The molecule has 0 amide bonds. The number of fused-ring (bicyclic) bond motifs is 3. The SMILES string of the molecule is C1#Cc2c(n(-c3ccccc3)c3ccccc23)C=C(c2ccccc2N(C2=CC=CCC2)c2ccc(-c3ccccc3)cc2)C1. The molecule has 5 aromatic carbocycles. The fraction of sp³-hybridized carbons (Fsp3) is 0.0698. The van der Waals surface area contributed by atoms with Gasteiger partial charge in [0.25, 0.3) is 0 Å². The second-order valence-electron chi connectivity index (χ2n) is 11.5. The lowest BCUT2D eigenvalue weighted by Crippen LogP contribution is -2.18. The number of anilines is 2. The Labute approximate surface area is 264 Å². The number of para-hydroxylation sites is 3. The molecular weight excluding hydrogens is 544 g/mol. The Bertz CT molecular complexity index is 2170. The van der Waals surface area contributed by atoms with Crippen LogP contribution in [0, 0.1) is 11.8 Å². The van der Waals surface area contributed by atoms with Crippen LogP contribution >= 0.6 is 0 Å². The van der Waals surface area contributed by atoms with Crippen LogP contribution < -0.4 is 4.90 Å². The lowest BCUT2D eigenvalue weighted by Gasteiger charge is -2.31. The summed E-state index contributed by atoms with van der Waals surface area (Å²) < 4.78 is 2.36. The number of rotatable bonds is 6. The summed E-state index contributed by atoms with van der Waals surface area (Å²) >= 11 is 0. The summed E-state index contributed by atoms with van der Waals surface area (Å²) in [6.07, 6.45) is 11.7.